The van der Waals surface area contributed by atoms with Crippen LogP contribution in [-0.2, 0) is 25.5 Å². The molecule has 4 rings (SSSR count). The molecular formula is C28H30N4O4. The second kappa shape index (κ2) is 11.1. The number of methoxy groups -OCH3 is 2. The maximum Gasteiger partial charge on any atom is 0.355 e. The third-order valence-electron chi connectivity index (χ3n) is 6.79. The normalized spacial score (nSPS) is 18.6. The van der Waals surface area contributed by atoms with Crippen molar-refractivity contribution in [3.05, 3.63) is 88.4 Å². The maximum absolute atomic E-state index is 13.1. The van der Waals surface area contributed by atoms with E-state index < -0.39 is 17.9 Å². The predicted octanol–water partition coefficient (Wildman–Crippen LogP) is 3.13. The van der Waals surface area contributed by atoms with Crippen molar-refractivity contribution in [1.29, 1.82) is 5.26 Å². The Labute approximate surface area is 211 Å². The van der Waals surface area contributed by atoms with Crippen LogP contribution in [0.1, 0.15) is 29.9 Å². The van der Waals surface area contributed by atoms with Gasteiger partial charge in [0.1, 0.15) is 11.5 Å². The fourth-order valence-corrected chi connectivity index (χ4v) is 4.98. The molecule has 0 aromatic heterocycles. The summed E-state index contributed by atoms with van der Waals surface area (Å²) < 4.78 is 10.2. The van der Waals surface area contributed by atoms with Gasteiger partial charge < -0.3 is 20.5 Å². The molecule has 8 heteroatoms. The molecule has 2 aromatic carbocycles. The molecule has 1 unspecified atom stereocenters. The van der Waals surface area contributed by atoms with Gasteiger partial charge in [0.25, 0.3) is 0 Å². The van der Waals surface area contributed by atoms with Crippen LogP contribution in [-0.4, -0.2) is 39.2 Å². The lowest BCUT2D eigenvalue weighted by Gasteiger charge is -2.36. The van der Waals surface area contributed by atoms with Gasteiger partial charge in [0.05, 0.1) is 37.4 Å². The van der Waals surface area contributed by atoms with E-state index >= 15 is 0 Å². The molecule has 1 saturated heterocycles. The van der Waals surface area contributed by atoms with Crippen molar-refractivity contribution in [2.24, 2.45) is 11.7 Å². The topological polar surface area (TPSA) is 118 Å². The van der Waals surface area contributed by atoms with Gasteiger partial charge in [0, 0.05) is 5.69 Å². The molecule has 3 N–H and O–H groups in total. The standard InChI is InChI=1S/C28H30N4O4/c1-35-27(33)24-23(20-6-4-3-5-7-20)22(17-29)26(30)32(25(24)28(34)36-2)21-10-8-18(9-11-21)16-19-12-14-31-15-13-19/h3-11,19,23,31H,12-16,30H2,1-2H3. The van der Waals surface area contributed by atoms with Gasteiger partial charge in [0.2, 0.25) is 0 Å². The Bertz CT molecular complexity index is 1220. The van der Waals surface area contributed by atoms with E-state index in [1.165, 1.54) is 24.7 Å². The quantitative estimate of drug-likeness (QED) is 0.598. The van der Waals surface area contributed by atoms with E-state index in [1.807, 2.05) is 30.3 Å². The molecule has 0 radical (unpaired) electrons. The van der Waals surface area contributed by atoms with Crippen LogP contribution in [0.5, 0.6) is 0 Å². The Morgan fingerprint density at radius 1 is 1.03 bits per heavy atom. The van der Waals surface area contributed by atoms with Crippen molar-refractivity contribution >= 4 is 17.6 Å². The van der Waals surface area contributed by atoms with E-state index in [1.54, 1.807) is 24.3 Å². The van der Waals surface area contributed by atoms with Gasteiger partial charge in [-0.1, -0.05) is 42.5 Å². The van der Waals surface area contributed by atoms with Crippen LogP contribution in [0.3, 0.4) is 0 Å². The van der Waals surface area contributed by atoms with E-state index in [2.05, 4.69) is 11.4 Å². The number of carbonyl (C=O) groups is 2. The van der Waals surface area contributed by atoms with Gasteiger partial charge in [0.15, 0.2) is 0 Å². The van der Waals surface area contributed by atoms with Gasteiger partial charge in [-0.2, -0.15) is 5.26 Å². The van der Waals surface area contributed by atoms with Crippen LogP contribution < -0.4 is 16.0 Å². The summed E-state index contributed by atoms with van der Waals surface area (Å²) in [5.74, 6) is -1.70. The average molecular weight is 487 g/mol. The molecule has 1 atom stereocenters. The number of allylic oxidation sites excluding steroid dienone is 1. The van der Waals surface area contributed by atoms with Crippen LogP contribution in [0, 0.1) is 17.2 Å². The highest BCUT2D eigenvalue weighted by Crippen LogP contribution is 2.43. The van der Waals surface area contributed by atoms with Gasteiger partial charge >= 0.3 is 11.9 Å². The number of hydrogen-bond acceptors (Lipinski definition) is 8. The van der Waals surface area contributed by atoms with E-state index in [4.69, 9.17) is 15.2 Å². The predicted molar refractivity (Wildman–Crippen MR) is 135 cm³/mol. The number of benzene rings is 2. The molecule has 2 heterocycles. The molecule has 186 valence electrons. The first-order valence-corrected chi connectivity index (χ1v) is 11.9. The number of nitriles is 1. The lowest BCUT2D eigenvalue weighted by molar-refractivity contribution is -0.139. The maximum atomic E-state index is 13.1. The fourth-order valence-electron chi connectivity index (χ4n) is 4.98. The molecule has 0 bridgehead atoms. The van der Waals surface area contributed by atoms with Gasteiger partial charge in [-0.25, -0.2) is 9.59 Å². The average Bonchev–Trinajstić information content (AvgIpc) is 2.93. The zero-order chi connectivity index (χ0) is 25.7. The van der Waals surface area contributed by atoms with E-state index in [0.717, 1.165) is 32.4 Å². The van der Waals surface area contributed by atoms with Crippen molar-refractivity contribution in [1.82, 2.24) is 5.32 Å². The summed E-state index contributed by atoms with van der Waals surface area (Å²) in [6.45, 7) is 2.06. The number of rotatable bonds is 6. The lowest BCUT2D eigenvalue weighted by atomic mass is 9.81. The number of nitrogens with zero attached hydrogens (tertiary/aromatic N) is 2. The fraction of sp³-hybridized carbons (Fsp3) is 0.321. The van der Waals surface area contributed by atoms with Crippen LogP contribution in [0.2, 0.25) is 0 Å². The molecule has 0 aliphatic carbocycles. The number of ether oxygens (including phenoxy) is 2. The monoisotopic (exact) mass is 486 g/mol. The summed E-state index contributed by atoms with van der Waals surface area (Å²) in [7, 11) is 2.47. The molecule has 8 nitrogen and oxygen atoms in total. The van der Waals surface area contributed by atoms with Crippen molar-refractivity contribution < 1.29 is 19.1 Å². The number of hydrogen-bond donors (Lipinski definition) is 2. The minimum Gasteiger partial charge on any atom is -0.466 e. The third kappa shape index (κ3) is 4.83. The number of carbonyl (C=O) groups excluding carboxylic acids is 2. The number of nitrogens with two attached hydrogens (primary N) is 1. The number of anilines is 1. The van der Waals surface area contributed by atoms with Crippen molar-refractivity contribution in [2.75, 3.05) is 32.2 Å². The summed E-state index contributed by atoms with van der Waals surface area (Å²) in [6, 6.07) is 18.8. The number of piperidine rings is 1. The minimum atomic E-state index is -0.881. The van der Waals surface area contributed by atoms with Crippen LogP contribution >= 0.6 is 0 Å². The highest BCUT2D eigenvalue weighted by atomic mass is 16.5. The third-order valence-corrected chi connectivity index (χ3v) is 6.79. The molecule has 2 aromatic rings. The largest absolute Gasteiger partial charge is 0.466 e. The molecule has 2 aliphatic rings. The molecule has 36 heavy (non-hydrogen) atoms. The first kappa shape index (κ1) is 25.0. The van der Waals surface area contributed by atoms with E-state index in [0.29, 0.717) is 17.2 Å². The van der Waals surface area contributed by atoms with Crippen LogP contribution in [0.4, 0.5) is 5.69 Å². The molecule has 2 aliphatic heterocycles. The first-order valence-electron chi connectivity index (χ1n) is 11.9. The molecule has 0 saturated carbocycles. The Morgan fingerprint density at radius 3 is 2.25 bits per heavy atom. The Morgan fingerprint density at radius 2 is 1.67 bits per heavy atom. The minimum absolute atomic E-state index is 0.0000761. The molecule has 0 spiro atoms. The molecular weight excluding hydrogens is 456 g/mol. The number of esters is 2. The van der Waals surface area contributed by atoms with E-state index in [9.17, 15) is 14.9 Å². The smallest absolute Gasteiger partial charge is 0.355 e. The SMILES string of the molecule is COC(=O)C1=C(C(=O)OC)N(c2ccc(CC3CCNCC3)cc2)C(N)=C(C#N)C1c1ccccc1. The van der Waals surface area contributed by atoms with Gasteiger partial charge in [-0.05, 0) is 61.5 Å². The second-order valence-corrected chi connectivity index (χ2v) is 8.90. The Hall–Kier alpha value is -4.09. The summed E-state index contributed by atoms with van der Waals surface area (Å²) in [4.78, 5) is 27.7. The summed E-state index contributed by atoms with van der Waals surface area (Å²) in [5, 5.41) is 13.5. The Balaban J connectivity index is 1.83. The highest BCUT2D eigenvalue weighted by molar-refractivity contribution is 6.06. The second-order valence-electron chi connectivity index (χ2n) is 8.90. The van der Waals surface area contributed by atoms with Crippen molar-refractivity contribution in [2.45, 2.75) is 25.2 Å². The van der Waals surface area contributed by atoms with Gasteiger partial charge in [-0.3, -0.25) is 4.90 Å². The zero-order valence-electron chi connectivity index (χ0n) is 20.5. The zero-order valence-corrected chi connectivity index (χ0v) is 20.5. The number of nitrogens with one attached hydrogen (secondary N) is 1. The summed E-state index contributed by atoms with van der Waals surface area (Å²) in [6.07, 6.45) is 3.22. The summed E-state index contributed by atoms with van der Waals surface area (Å²) >= 11 is 0. The first-order chi connectivity index (χ1) is 17.5. The van der Waals surface area contributed by atoms with Gasteiger partial charge in [-0.15, -0.1) is 0 Å². The molecule has 0 amide bonds. The van der Waals surface area contributed by atoms with Crippen LogP contribution in [0.15, 0.2) is 77.3 Å². The van der Waals surface area contributed by atoms with Crippen molar-refractivity contribution in [3.8, 4) is 6.07 Å². The Kier molecular flexibility index (Phi) is 7.71. The van der Waals surface area contributed by atoms with Crippen molar-refractivity contribution in [3.63, 3.8) is 0 Å². The highest BCUT2D eigenvalue weighted by Gasteiger charge is 2.42. The van der Waals surface area contributed by atoms with E-state index in [-0.39, 0.29) is 22.7 Å². The lowest BCUT2D eigenvalue weighted by Crippen LogP contribution is -2.40. The summed E-state index contributed by atoms with van der Waals surface area (Å²) in [5.41, 5.74) is 8.98. The molecule has 1 fully saturated rings. The van der Waals surface area contributed by atoms with Crippen LogP contribution in [0.25, 0.3) is 0 Å².